The number of nitrogens with zero attached hydrogens (tertiary/aromatic N) is 4. The highest BCUT2D eigenvalue weighted by Crippen LogP contribution is 2.23. The van der Waals surface area contributed by atoms with E-state index in [0.29, 0.717) is 17.7 Å². The Hall–Kier alpha value is -2.24. The fourth-order valence-electron chi connectivity index (χ4n) is 1.80. The molecule has 106 valence electrons. The second-order valence-electron chi connectivity index (χ2n) is 4.67. The topological polar surface area (TPSA) is 53.9 Å². The van der Waals surface area contributed by atoms with Crippen LogP contribution in [0.1, 0.15) is 12.5 Å². The van der Waals surface area contributed by atoms with Gasteiger partial charge in [-0.15, -0.1) is 0 Å². The number of hydrogen-bond donors (Lipinski definition) is 1. The SMILES string of the molecule is CCNc1nc(-c2ccc(F)cc2C)nc(N(C)C)n1. The first-order valence-corrected chi connectivity index (χ1v) is 6.45. The van der Waals surface area contributed by atoms with Crippen molar-refractivity contribution in [1.82, 2.24) is 15.0 Å². The van der Waals surface area contributed by atoms with Gasteiger partial charge in [0, 0.05) is 26.2 Å². The number of aromatic nitrogens is 3. The summed E-state index contributed by atoms with van der Waals surface area (Å²) < 4.78 is 13.2. The summed E-state index contributed by atoms with van der Waals surface area (Å²) in [6, 6.07) is 4.57. The highest BCUT2D eigenvalue weighted by molar-refractivity contribution is 5.62. The van der Waals surface area contributed by atoms with Crippen LogP contribution in [0.2, 0.25) is 0 Å². The molecule has 0 saturated carbocycles. The number of hydrogen-bond acceptors (Lipinski definition) is 5. The molecule has 0 saturated heterocycles. The van der Waals surface area contributed by atoms with Gasteiger partial charge in [-0.25, -0.2) is 4.39 Å². The van der Waals surface area contributed by atoms with Crippen LogP contribution in [0.25, 0.3) is 11.4 Å². The monoisotopic (exact) mass is 275 g/mol. The van der Waals surface area contributed by atoms with E-state index in [1.54, 1.807) is 6.07 Å². The number of nitrogens with one attached hydrogen (secondary N) is 1. The molecular formula is C14H18FN5. The predicted molar refractivity (Wildman–Crippen MR) is 78.4 cm³/mol. The number of aryl methyl sites for hydroxylation is 1. The second-order valence-corrected chi connectivity index (χ2v) is 4.67. The Morgan fingerprint density at radius 1 is 1.20 bits per heavy atom. The van der Waals surface area contributed by atoms with Crippen LogP contribution in [0.5, 0.6) is 0 Å². The molecular weight excluding hydrogens is 257 g/mol. The van der Waals surface area contributed by atoms with Gasteiger partial charge in [-0.2, -0.15) is 15.0 Å². The Bertz CT molecular complexity index is 613. The van der Waals surface area contributed by atoms with E-state index in [4.69, 9.17) is 0 Å². The molecule has 6 heteroatoms. The van der Waals surface area contributed by atoms with Gasteiger partial charge in [0.1, 0.15) is 5.82 Å². The first-order chi connectivity index (χ1) is 9.51. The lowest BCUT2D eigenvalue weighted by atomic mass is 10.1. The Morgan fingerprint density at radius 2 is 1.95 bits per heavy atom. The summed E-state index contributed by atoms with van der Waals surface area (Å²) in [6.07, 6.45) is 0. The molecule has 0 fully saturated rings. The molecule has 2 rings (SSSR count). The van der Waals surface area contributed by atoms with E-state index in [-0.39, 0.29) is 5.82 Å². The van der Waals surface area contributed by atoms with Crippen LogP contribution in [-0.4, -0.2) is 35.6 Å². The van der Waals surface area contributed by atoms with Crippen molar-refractivity contribution in [3.63, 3.8) is 0 Å². The minimum atomic E-state index is -0.264. The van der Waals surface area contributed by atoms with E-state index in [1.165, 1.54) is 12.1 Å². The Morgan fingerprint density at radius 3 is 2.55 bits per heavy atom. The largest absolute Gasteiger partial charge is 0.354 e. The van der Waals surface area contributed by atoms with E-state index < -0.39 is 0 Å². The first-order valence-electron chi connectivity index (χ1n) is 6.45. The van der Waals surface area contributed by atoms with Crippen molar-refractivity contribution >= 4 is 11.9 Å². The molecule has 1 aromatic carbocycles. The summed E-state index contributed by atoms with van der Waals surface area (Å²) in [5, 5.41) is 3.08. The van der Waals surface area contributed by atoms with Crippen molar-refractivity contribution < 1.29 is 4.39 Å². The fraction of sp³-hybridized carbons (Fsp3) is 0.357. The molecule has 0 amide bonds. The summed E-state index contributed by atoms with van der Waals surface area (Å²) in [6.45, 7) is 4.53. The maximum absolute atomic E-state index is 13.2. The Labute approximate surface area is 117 Å². The quantitative estimate of drug-likeness (QED) is 0.929. The third-order valence-electron chi connectivity index (χ3n) is 2.79. The van der Waals surface area contributed by atoms with Gasteiger partial charge in [-0.05, 0) is 37.6 Å². The molecule has 0 aliphatic carbocycles. The molecule has 0 spiro atoms. The van der Waals surface area contributed by atoms with Crippen LogP contribution in [0.15, 0.2) is 18.2 Å². The zero-order chi connectivity index (χ0) is 14.7. The zero-order valence-electron chi connectivity index (χ0n) is 12.1. The van der Waals surface area contributed by atoms with Crippen LogP contribution >= 0.6 is 0 Å². The molecule has 2 aromatic rings. The summed E-state index contributed by atoms with van der Waals surface area (Å²) in [4.78, 5) is 14.9. The maximum atomic E-state index is 13.2. The van der Waals surface area contributed by atoms with Crippen molar-refractivity contribution in [2.45, 2.75) is 13.8 Å². The number of anilines is 2. The molecule has 1 heterocycles. The van der Waals surface area contributed by atoms with Gasteiger partial charge in [0.05, 0.1) is 0 Å². The lowest BCUT2D eigenvalue weighted by Gasteiger charge is -2.14. The normalized spacial score (nSPS) is 10.4. The zero-order valence-corrected chi connectivity index (χ0v) is 12.1. The third kappa shape index (κ3) is 3.01. The van der Waals surface area contributed by atoms with Crippen molar-refractivity contribution in [3.8, 4) is 11.4 Å². The van der Waals surface area contributed by atoms with Gasteiger partial charge in [-0.3, -0.25) is 0 Å². The molecule has 20 heavy (non-hydrogen) atoms. The average molecular weight is 275 g/mol. The molecule has 0 aliphatic rings. The van der Waals surface area contributed by atoms with Gasteiger partial charge >= 0.3 is 0 Å². The number of benzene rings is 1. The minimum Gasteiger partial charge on any atom is -0.354 e. The van der Waals surface area contributed by atoms with Crippen LogP contribution in [0, 0.1) is 12.7 Å². The molecule has 0 atom stereocenters. The van der Waals surface area contributed by atoms with Gasteiger partial charge in [-0.1, -0.05) is 0 Å². The van der Waals surface area contributed by atoms with E-state index in [9.17, 15) is 4.39 Å². The predicted octanol–water partition coefficient (Wildman–Crippen LogP) is 2.48. The molecule has 0 bridgehead atoms. The van der Waals surface area contributed by atoms with Crippen molar-refractivity contribution in [3.05, 3.63) is 29.6 Å². The number of rotatable bonds is 4. The minimum absolute atomic E-state index is 0.264. The van der Waals surface area contributed by atoms with Gasteiger partial charge < -0.3 is 10.2 Å². The summed E-state index contributed by atoms with van der Waals surface area (Å²) >= 11 is 0. The Balaban J connectivity index is 2.54. The fourth-order valence-corrected chi connectivity index (χ4v) is 1.80. The summed E-state index contributed by atoms with van der Waals surface area (Å²) in [7, 11) is 3.73. The maximum Gasteiger partial charge on any atom is 0.230 e. The molecule has 1 N–H and O–H groups in total. The molecule has 5 nitrogen and oxygen atoms in total. The second kappa shape index (κ2) is 5.81. The highest BCUT2D eigenvalue weighted by Gasteiger charge is 2.11. The van der Waals surface area contributed by atoms with Crippen LogP contribution in [-0.2, 0) is 0 Å². The van der Waals surface area contributed by atoms with E-state index in [0.717, 1.165) is 17.7 Å². The van der Waals surface area contributed by atoms with Crippen molar-refractivity contribution in [2.75, 3.05) is 30.9 Å². The smallest absolute Gasteiger partial charge is 0.230 e. The number of halogens is 1. The van der Waals surface area contributed by atoms with E-state index in [1.807, 2.05) is 32.8 Å². The van der Waals surface area contributed by atoms with Crippen molar-refractivity contribution in [1.29, 1.82) is 0 Å². The van der Waals surface area contributed by atoms with E-state index >= 15 is 0 Å². The lowest BCUT2D eigenvalue weighted by Crippen LogP contribution is -2.16. The van der Waals surface area contributed by atoms with Gasteiger partial charge in [0.15, 0.2) is 5.82 Å². The van der Waals surface area contributed by atoms with E-state index in [2.05, 4.69) is 20.3 Å². The standard InChI is InChI=1S/C14H18FN5/c1-5-16-13-17-12(18-14(19-13)20(3)4)11-7-6-10(15)8-9(11)2/h6-8H,5H2,1-4H3,(H,16,17,18,19). The molecule has 0 aliphatic heterocycles. The third-order valence-corrected chi connectivity index (χ3v) is 2.79. The summed E-state index contributed by atoms with van der Waals surface area (Å²) in [5.74, 6) is 1.36. The van der Waals surface area contributed by atoms with Crippen LogP contribution < -0.4 is 10.2 Å². The first kappa shape index (κ1) is 14.2. The lowest BCUT2D eigenvalue weighted by molar-refractivity contribution is 0.627. The van der Waals surface area contributed by atoms with Gasteiger partial charge in [0.2, 0.25) is 11.9 Å². The van der Waals surface area contributed by atoms with Crippen LogP contribution in [0.4, 0.5) is 16.3 Å². The average Bonchev–Trinajstić information content (AvgIpc) is 2.38. The van der Waals surface area contributed by atoms with Crippen molar-refractivity contribution in [2.24, 2.45) is 0 Å². The Kier molecular flexibility index (Phi) is 4.12. The molecule has 1 aromatic heterocycles. The molecule has 0 radical (unpaired) electrons. The summed E-state index contributed by atoms with van der Waals surface area (Å²) in [5.41, 5.74) is 1.60. The molecule has 0 unspecified atom stereocenters. The van der Waals surface area contributed by atoms with Crippen LogP contribution in [0.3, 0.4) is 0 Å². The van der Waals surface area contributed by atoms with Gasteiger partial charge in [0.25, 0.3) is 0 Å². The highest BCUT2D eigenvalue weighted by atomic mass is 19.1.